The Labute approximate surface area is 113 Å². The highest BCUT2D eigenvalue weighted by atomic mass is 15.3. The third kappa shape index (κ3) is 3.25. The summed E-state index contributed by atoms with van der Waals surface area (Å²) in [4.78, 5) is 5.31. The number of nitrogens with two attached hydrogens (primary N) is 1. The van der Waals surface area contributed by atoms with Crippen LogP contribution in [0.1, 0.15) is 46.0 Å². The van der Waals surface area contributed by atoms with E-state index in [1.54, 1.807) is 0 Å². The highest BCUT2D eigenvalue weighted by molar-refractivity contribution is 4.87. The Bertz CT molecular complexity index is 230. The first kappa shape index (κ1) is 14.3. The summed E-state index contributed by atoms with van der Waals surface area (Å²) in [5, 5.41) is 0. The van der Waals surface area contributed by atoms with Crippen LogP contribution in [0, 0.1) is 5.92 Å². The fourth-order valence-electron chi connectivity index (χ4n) is 3.75. The molecule has 2 atom stereocenters. The van der Waals surface area contributed by atoms with Gasteiger partial charge in [0.25, 0.3) is 0 Å². The Morgan fingerprint density at radius 3 is 2.11 bits per heavy atom. The van der Waals surface area contributed by atoms with E-state index in [2.05, 4.69) is 23.6 Å². The van der Waals surface area contributed by atoms with E-state index < -0.39 is 0 Å². The Kier molecular flexibility index (Phi) is 5.46. The monoisotopic (exact) mass is 253 g/mol. The zero-order valence-electron chi connectivity index (χ0n) is 12.3. The number of hydrogen-bond acceptors (Lipinski definition) is 3. The van der Waals surface area contributed by atoms with Gasteiger partial charge in [0.15, 0.2) is 0 Å². The van der Waals surface area contributed by atoms with Crippen LogP contribution in [0.4, 0.5) is 0 Å². The molecule has 1 saturated carbocycles. The molecule has 18 heavy (non-hydrogen) atoms. The van der Waals surface area contributed by atoms with Crippen molar-refractivity contribution in [2.75, 3.05) is 32.7 Å². The van der Waals surface area contributed by atoms with Crippen LogP contribution in [-0.4, -0.2) is 54.6 Å². The minimum Gasteiger partial charge on any atom is -0.329 e. The molecule has 0 radical (unpaired) electrons. The lowest BCUT2D eigenvalue weighted by Gasteiger charge is -2.43. The highest BCUT2D eigenvalue weighted by Gasteiger charge is 2.31. The van der Waals surface area contributed by atoms with Gasteiger partial charge in [0, 0.05) is 44.8 Å². The lowest BCUT2D eigenvalue weighted by Crippen LogP contribution is -2.55. The van der Waals surface area contributed by atoms with E-state index in [1.807, 2.05) is 0 Å². The van der Waals surface area contributed by atoms with Gasteiger partial charge in [0.05, 0.1) is 0 Å². The molecule has 106 valence electrons. The van der Waals surface area contributed by atoms with Gasteiger partial charge in [0.1, 0.15) is 0 Å². The normalized spacial score (nSPS) is 27.5. The maximum Gasteiger partial charge on any atom is 0.0247 e. The quantitative estimate of drug-likeness (QED) is 0.812. The largest absolute Gasteiger partial charge is 0.329 e. The second-order valence-corrected chi connectivity index (χ2v) is 6.18. The van der Waals surface area contributed by atoms with Crippen LogP contribution >= 0.6 is 0 Å². The first-order valence-electron chi connectivity index (χ1n) is 7.94. The summed E-state index contributed by atoms with van der Waals surface area (Å²) in [7, 11) is 0. The lowest BCUT2D eigenvalue weighted by atomic mass is 9.96. The Hall–Kier alpha value is -0.120. The molecule has 1 heterocycles. The molecule has 1 saturated heterocycles. The van der Waals surface area contributed by atoms with E-state index in [0.717, 1.165) is 18.5 Å². The molecule has 2 rings (SSSR count). The molecule has 1 aliphatic heterocycles. The molecule has 0 spiro atoms. The second kappa shape index (κ2) is 6.88. The molecule has 2 unspecified atom stereocenters. The van der Waals surface area contributed by atoms with E-state index in [-0.39, 0.29) is 0 Å². The molecule has 1 aliphatic carbocycles. The van der Waals surface area contributed by atoms with Gasteiger partial charge in [-0.2, -0.15) is 0 Å². The van der Waals surface area contributed by atoms with Crippen molar-refractivity contribution in [2.45, 2.75) is 58.0 Å². The standard InChI is InChI=1S/C15H31N3/c1-3-13(2)17-8-10-18(11-9-17)15(12-16)14-6-4-5-7-14/h13-15H,3-12,16H2,1-2H3. The molecule has 0 aromatic carbocycles. The van der Waals surface area contributed by atoms with Crippen molar-refractivity contribution in [3.05, 3.63) is 0 Å². The molecular weight excluding hydrogens is 222 g/mol. The van der Waals surface area contributed by atoms with Crippen molar-refractivity contribution in [3.8, 4) is 0 Å². The molecule has 2 aliphatic rings. The predicted molar refractivity (Wildman–Crippen MR) is 77.7 cm³/mol. The topological polar surface area (TPSA) is 32.5 Å². The van der Waals surface area contributed by atoms with Crippen molar-refractivity contribution in [1.29, 1.82) is 0 Å². The summed E-state index contributed by atoms with van der Waals surface area (Å²) >= 11 is 0. The third-order valence-corrected chi connectivity index (χ3v) is 5.22. The molecule has 2 N–H and O–H groups in total. The summed E-state index contributed by atoms with van der Waals surface area (Å²) in [5.41, 5.74) is 6.05. The summed E-state index contributed by atoms with van der Waals surface area (Å²) in [6, 6.07) is 1.40. The summed E-state index contributed by atoms with van der Waals surface area (Å²) < 4.78 is 0. The second-order valence-electron chi connectivity index (χ2n) is 6.18. The average molecular weight is 253 g/mol. The van der Waals surface area contributed by atoms with Crippen LogP contribution in [0.15, 0.2) is 0 Å². The van der Waals surface area contributed by atoms with Crippen LogP contribution in [0.2, 0.25) is 0 Å². The lowest BCUT2D eigenvalue weighted by molar-refractivity contribution is 0.0552. The van der Waals surface area contributed by atoms with E-state index in [9.17, 15) is 0 Å². The first-order valence-corrected chi connectivity index (χ1v) is 7.94. The van der Waals surface area contributed by atoms with Crippen LogP contribution in [0.5, 0.6) is 0 Å². The van der Waals surface area contributed by atoms with Gasteiger partial charge in [-0.15, -0.1) is 0 Å². The van der Waals surface area contributed by atoms with Gasteiger partial charge in [-0.3, -0.25) is 9.80 Å². The average Bonchev–Trinajstić information content (AvgIpc) is 2.93. The Morgan fingerprint density at radius 1 is 1.06 bits per heavy atom. The van der Waals surface area contributed by atoms with Crippen LogP contribution in [0.25, 0.3) is 0 Å². The van der Waals surface area contributed by atoms with Gasteiger partial charge < -0.3 is 5.73 Å². The molecule has 0 aromatic heterocycles. The maximum atomic E-state index is 6.05. The molecule has 3 heteroatoms. The highest BCUT2D eigenvalue weighted by Crippen LogP contribution is 2.30. The zero-order chi connectivity index (χ0) is 13.0. The first-order chi connectivity index (χ1) is 8.76. The van der Waals surface area contributed by atoms with Crippen molar-refractivity contribution in [3.63, 3.8) is 0 Å². The molecule has 2 fully saturated rings. The minimum atomic E-state index is 0.659. The van der Waals surface area contributed by atoms with Gasteiger partial charge in [-0.05, 0) is 32.1 Å². The summed E-state index contributed by atoms with van der Waals surface area (Å²) in [5.74, 6) is 0.880. The number of hydrogen-bond donors (Lipinski definition) is 1. The van der Waals surface area contributed by atoms with E-state index in [4.69, 9.17) is 5.73 Å². The molecule has 3 nitrogen and oxygen atoms in total. The SMILES string of the molecule is CCC(C)N1CCN(C(CN)C2CCCC2)CC1. The Morgan fingerprint density at radius 2 is 1.61 bits per heavy atom. The smallest absolute Gasteiger partial charge is 0.0247 e. The number of piperazine rings is 1. The third-order valence-electron chi connectivity index (χ3n) is 5.22. The maximum absolute atomic E-state index is 6.05. The number of nitrogens with zero attached hydrogens (tertiary/aromatic N) is 2. The molecular formula is C15H31N3. The summed E-state index contributed by atoms with van der Waals surface area (Å²) in [6.45, 7) is 10.4. The fraction of sp³-hybridized carbons (Fsp3) is 1.00. The van der Waals surface area contributed by atoms with Crippen LogP contribution in [0.3, 0.4) is 0 Å². The summed E-state index contributed by atoms with van der Waals surface area (Å²) in [6.07, 6.45) is 6.94. The zero-order valence-corrected chi connectivity index (χ0v) is 12.3. The van der Waals surface area contributed by atoms with E-state index in [0.29, 0.717) is 6.04 Å². The van der Waals surface area contributed by atoms with Crippen molar-refractivity contribution in [2.24, 2.45) is 11.7 Å². The Balaban J connectivity index is 1.83. The molecule has 0 bridgehead atoms. The van der Waals surface area contributed by atoms with Gasteiger partial charge in [-0.25, -0.2) is 0 Å². The van der Waals surface area contributed by atoms with Crippen LogP contribution in [-0.2, 0) is 0 Å². The van der Waals surface area contributed by atoms with Gasteiger partial charge in [0.2, 0.25) is 0 Å². The van der Waals surface area contributed by atoms with E-state index >= 15 is 0 Å². The predicted octanol–water partition coefficient (Wildman–Crippen LogP) is 1.92. The van der Waals surface area contributed by atoms with Crippen molar-refractivity contribution in [1.82, 2.24) is 9.80 Å². The van der Waals surface area contributed by atoms with Gasteiger partial charge >= 0.3 is 0 Å². The molecule has 0 aromatic rings. The minimum absolute atomic E-state index is 0.659. The van der Waals surface area contributed by atoms with Crippen molar-refractivity contribution < 1.29 is 0 Å². The van der Waals surface area contributed by atoms with Crippen molar-refractivity contribution >= 4 is 0 Å². The fourth-order valence-corrected chi connectivity index (χ4v) is 3.75. The molecule has 0 amide bonds. The van der Waals surface area contributed by atoms with Gasteiger partial charge in [-0.1, -0.05) is 19.8 Å². The van der Waals surface area contributed by atoms with Crippen LogP contribution < -0.4 is 5.73 Å². The van der Waals surface area contributed by atoms with E-state index in [1.165, 1.54) is 58.3 Å². The number of rotatable bonds is 5.